The van der Waals surface area contributed by atoms with Gasteiger partial charge in [0.25, 0.3) is 5.91 Å². The Labute approximate surface area is 139 Å². The van der Waals surface area contributed by atoms with Crippen LogP contribution >= 0.6 is 0 Å². The predicted octanol–water partition coefficient (Wildman–Crippen LogP) is 3.08. The summed E-state index contributed by atoms with van der Waals surface area (Å²) in [6.07, 6.45) is -0.997. The summed E-state index contributed by atoms with van der Waals surface area (Å²) in [4.78, 5) is 23.7. The topological polar surface area (TPSA) is 64.6 Å². The van der Waals surface area contributed by atoms with Crippen molar-refractivity contribution in [1.29, 1.82) is 0 Å². The third-order valence-corrected chi connectivity index (χ3v) is 3.18. The number of para-hydroxylation sites is 1. The number of carbonyl (C=O) groups excluding carboxylic acids is 2. The Morgan fingerprint density at radius 3 is 2.46 bits per heavy atom. The summed E-state index contributed by atoms with van der Waals surface area (Å²) in [5, 5.41) is 2.64. The molecule has 24 heavy (non-hydrogen) atoms. The molecule has 0 aromatic heterocycles. The van der Waals surface area contributed by atoms with Crippen LogP contribution in [-0.4, -0.2) is 24.6 Å². The highest BCUT2D eigenvalue weighted by Crippen LogP contribution is 2.15. The number of carbonyl (C=O) groups is 2. The van der Waals surface area contributed by atoms with Crippen molar-refractivity contribution < 1.29 is 23.5 Å². The fourth-order valence-electron chi connectivity index (χ4n) is 1.86. The van der Waals surface area contributed by atoms with Crippen molar-refractivity contribution in [1.82, 2.24) is 0 Å². The van der Waals surface area contributed by atoms with E-state index in [2.05, 4.69) is 5.32 Å². The minimum absolute atomic E-state index is 0.0498. The van der Waals surface area contributed by atoms with E-state index in [1.807, 2.05) is 19.1 Å². The summed E-state index contributed by atoms with van der Waals surface area (Å²) in [7, 11) is 0. The molecule has 0 spiro atoms. The molecule has 1 atom stereocenters. The number of nitrogens with one attached hydrogen (secondary N) is 1. The molecule has 0 aliphatic rings. The third kappa shape index (κ3) is 5.08. The summed E-state index contributed by atoms with van der Waals surface area (Å²) in [5.74, 6) is -1.84. The van der Waals surface area contributed by atoms with Crippen LogP contribution in [-0.2, 0) is 14.3 Å². The summed E-state index contributed by atoms with van der Waals surface area (Å²) in [6, 6.07) is 12.9. The zero-order valence-corrected chi connectivity index (χ0v) is 13.4. The molecule has 0 aliphatic heterocycles. The van der Waals surface area contributed by atoms with E-state index in [0.717, 1.165) is 5.56 Å². The maximum Gasteiger partial charge on any atom is 0.344 e. The van der Waals surface area contributed by atoms with Crippen LogP contribution in [0.1, 0.15) is 12.5 Å². The van der Waals surface area contributed by atoms with Crippen molar-refractivity contribution >= 4 is 17.6 Å². The average molecular weight is 331 g/mol. The molecule has 126 valence electrons. The van der Waals surface area contributed by atoms with Crippen LogP contribution in [0, 0.1) is 12.7 Å². The smallest absolute Gasteiger partial charge is 0.344 e. The molecule has 2 aromatic rings. The van der Waals surface area contributed by atoms with Crippen LogP contribution in [0.4, 0.5) is 10.1 Å². The van der Waals surface area contributed by atoms with Crippen LogP contribution in [0.15, 0.2) is 48.5 Å². The van der Waals surface area contributed by atoms with Gasteiger partial charge in [0.05, 0.1) is 0 Å². The van der Waals surface area contributed by atoms with E-state index in [1.54, 1.807) is 18.2 Å². The highest BCUT2D eigenvalue weighted by atomic mass is 19.1. The number of rotatable bonds is 6. The lowest BCUT2D eigenvalue weighted by Crippen LogP contribution is -2.31. The Balaban J connectivity index is 1.81. The molecule has 0 bridgehead atoms. The van der Waals surface area contributed by atoms with Crippen LogP contribution in [0.3, 0.4) is 0 Å². The number of benzene rings is 2. The van der Waals surface area contributed by atoms with Gasteiger partial charge in [-0.1, -0.05) is 29.8 Å². The normalized spacial score (nSPS) is 11.5. The van der Waals surface area contributed by atoms with E-state index in [-0.39, 0.29) is 5.75 Å². The Morgan fingerprint density at radius 1 is 1.12 bits per heavy atom. The summed E-state index contributed by atoms with van der Waals surface area (Å²) < 4.78 is 23.4. The van der Waals surface area contributed by atoms with E-state index >= 15 is 0 Å². The Bertz CT molecular complexity index is 715. The quantitative estimate of drug-likeness (QED) is 0.826. The second-order valence-electron chi connectivity index (χ2n) is 5.21. The largest absolute Gasteiger partial charge is 0.479 e. The molecule has 0 saturated heterocycles. The number of halogens is 1. The van der Waals surface area contributed by atoms with Gasteiger partial charge in [-0.3, -0.25) is 4.79 Å². The first-order valence-corrected chi connectivity index (χ1v) is 7.40. The number of amides is 1. The maximum absolute atomic E-state index is 13.4. The summed E-state index contributed by atoms with van der Waals surface area (Å²) in [6.45, 7) is 2.90. The maximum atomic E-state index is 13.4. The highest BCUT2D eigenvalue weighted by molar-refractivity contribution is 5.95. The molecular weight excluding hydrogens is 313 g/mol. The van der Waals surface area contributed by atoms with Gasteiger partial charge in [0.1, 0.15) is 0 Å². The molecule has 2 rings (SSSR count). The lowest BCUT2D eigenvalue weighted by molar-refractivity contribution is -0.155. The molecular formula is C18H18FNO4. The number of aryl methyl sites for hydroxylation is 1. The number of anilines is 1. The first-order valence-electron chi connectivity index (χ1n) is 7.40. The van der Waals surface area contributed by atoms with Crippen molar-refractivity contribution in [3.63, 3.8) is 0 Å². The zero-order chi connectivity index (χ0) is 17.5. The molecule has 0 heterocycles. The van der Waals surface area contributed by atoms with Gasteiger partial charge in [-0.15, -0.1) is 0 Å². The van der Waals surface area contributed by atoms with Gasteiger partial charge in [-0.05, 0) is 38.1 Å². The van der Waals surface area contributed by atoms with Gasteiger partial charge in [0.15, 0.2) is 24.3 Å². The molecule has 1 N–H and O–H groups in total. The molecule has 6 heteroatoms. The molecule has 0 aliphatic carbocycles. The fraction of sp³-hybridized carbons (Fsp3) is 0.222. The Hall–Kier alpha value is -2.89. The van der Waals surface area contributed by atoms with Crippen molar-refractivity contribution in [2.45, 2.75) is 20.0 Å². The van der Waals surface area contributed by atoms with Crippen molar-refractivity contribution in [2.75, 3.05) is 11.9 Å². The third-order valence-electron chi connectivity index (χ3n) is 3.18. The molecule has 2 aromatic carbocycles. The van der Waals surface area contributed by atoms with Crippen molar-refractivity contribution in [2.24, 2.45) is 0 Å². The van der Waals surface area contributed by atoms with Crippen LogP contribution < -0.4 is 10.1 Å². The first kappa shape index (κ1) is 17.5. The molecule has 0 saturated carbocycles. The SMILES string of the molecule is Cc1ccc(NC(=O)[C@@H](C)OC(=O)COc2ccccc2F)cc1. The zero-order valence-electron chi connectivity index (χ0n) is 13.4. The predicted molar refractivity (Wildman–Crippen MR) is 87.3 cm³/mol. The molecule has 0 unspecified atom stereocenters. The van der Waals surface area contributed by atoms with Crippen LogP contribution in [0.25, 0.3) is 0 Å². The summed E-state index contributed by atoms with van der Waals surface area (Å²) in [5.41, 5.74) is 1.67. The molecule has 1 amide bonds. The average Bonchev–Trinajstić information content (AvgIpc) is 2.56. The van der Waals surface area contributed by atoms with E-state index in [9.17, 15) is 14.0 Å². The lowest BCUT2D eigenvalue weighted by Gasteiger charge is -2.14. The van der Waals surface area contributed by atoms with Gasteiger partial charge in [-0.25, -0.2) is 9.18 Å². The van der Waals surface area contributed by atoms with Gasteiger partial charge in [0, 0.05) is 5.69 Å². The second kappa shape index (κ2) is 8.10. The van der Waals surface area contributed by atoms with E-state index in [0.29, 0.717) is 5.69 Å². The van der Waals surface area contributed by atoms with Gasteiger partial charge in [0.2, 0.25) is 0 Å². The first-order chi connectivity index (χ1) is 11.5. The van der Waals surface area contributed by atoms with Crippen LogP contribution in [0.5, 0.6) is 5.75 Å². The molecule has 5 nitrogen and oxygen atoms in total. The highest BCUT2D eigenvalue weighted by Gasteiger charge is 2.18. The van der Waals surface area contributed by atoms with Crippen molar-refractivity contribution in [3.05, 3.63) is 59.9 Å². The monoisotopic (exact) mass is 331 g/mol. The second-order valence-corrected chi connectivity index (χ2v) is 5.21. The Morgan fingerprint density at radius 2 is 1.79 bits per heavy atom. The standard InChI is InChI=1S/C18H18FNO4/c1-12-7-9-14(10-8-12)20-18(22)13(2)24-17(21)11-23-16-6-4-3-5-15(16)19/h3-10,13H,11H2,1-2H3,(H,20,22)/t13-/m1/s1. The van der Waals surface area contributed by atoms with Gasteiger partial charge >= 0.3 is 5.97 Å². The van der Waals surface area contributed by atoms with Gasteiger partial charge < -0.3 is 14.8 Å². The molecule has 0 radical (unpaired) electrons. The van der Waals surface area contributed by atoms with Crippen molar-refractivity contribution in [3.8, 4) is 5.75 Å². The van der Waals surface area contributed by atoms with E-state index in [4.69, 9.17) is 9.47 Å². The minimum Gasteiger partial charge on any atom is -0.479 e. The summed E-state index contributed by atoms with van der Waals surface area (Å²) >= 11 is 0. The number of hydrogen-bond acceptors (Lipinski definition) is 4. The van der Waals surface area contributed by atoms with Crippen LogP contribution in [0.2, 0.25) is 0 Å². The lowest BCUT2D eigenvalue weighted by atomic mass is 10.2. The number of hydrogen-bond donors (Lipinski definition) is 1. The minimum atomic E-state index is -0.997. The fourth-order valence-corrected chi connectivity index (χ4v) is 1.86. The Kier molecular flexibility index (Phi) is 5.89. The van der Waals surface area contributed by atoms with E-state index < -0.39 is 30.4 Å². The number of ether oxygens (including phenoxy) is 2. The molecule has 0 fully saturated rings. The van der Waals surface area contributed by atoms with Gasteiger partial charge in [-0.2, -0.15) is 0 Å². The number of esters is 1. The van der Waals surface area contributed by atoms with E-state index in [1.165, 1.54) is 25.1 Å².